The Morgan fingerprint density at radius 3 is 2.30 bits per heavy atom. The van der Waals surface area contributed by atoms with Crippen LogP contribution < -0.4 is 10.2 Å². The van der Waals surface area contributed by atoms with Crippen molar-refractivity contribution in [2.24, 2.45) is 23.7 Å². The number of fused-ring (bicyclic) bond motifs is 4. The van der Waals surface area contributed by atoms with Crippen molar-refractivity contribution in [3.05, 3.63) is 130 Å². The number of aromatic hydroxyl groups is 2. The Labute approximate surface area is 309 Å². The molecule has 0 radical (unpaired) electrons. The standard InChI is InChI=1S/C41H35ClFN3O7/c1-53-33-4-2-3-32(48)35(33)36-28-17-18-29-34(39(51)45(37(29)49)20-19-22-5-15-27(47)16-6-22)30(28)21-31-38(50)46(44-26-13-11-25(43)12-14-26)40(52)41(31,36)23-7-9-24(42)10-8-23/h2-17,29-31,34,36,44,47-48H,18-21H2,1H3/t29-,30+,31-,34-,36+,41+/m0/s1. The number of carbonyl (C=O) groups is 4. The number of benzene rings is 4. The van der Waals surface area contributed by atoms with E-state index in [4.69, 9.17) is 16.3 Å². The zero-order chi connectivity index (χ0) is 37.2. The molecule has 53 heavy (non-hydrogen) atoms. The van der Waals surface area contributed by atoms with Gasteiger partial charge in [0.15, 0.2) is 0 Å². The Bertz CT molecular complexity index is 2180. The van der Waals surface area contributed by atoms with E-state index in [0.717, 1.165) is 10.6 Å². The van der Waals surface area contributed by atoms with Crippen LogP contribution in [0.3, 0.4) is 0 Å². The maximum atomic E-state index is 15.3. The SMILES string of the molecule is COc1cccc(O)c1[C@H]1C2=CC[C@@H]3C(=O)N(CCc4ccc(O)cc4)C(=O)[C@@H]3[C@@H]2C[C@H]2C(=O)N(Nc3ccc(F)cc3)C(=O)[C@@]12c1ccc(Cl)cc1. The van der Waals surface area contributed by atoms with Gasteiger partial charge in [0.1, 0.15) is 23.1 Å². The minimum absolute atomic E-state index is 0.0546. The fourth-order valence-corrected chi connectivity index (χ4v) is 9.28. The lowest BCUT2D eigenvalue weighted by molar-refractivity contribution is -0.141. The van der Waals surface area contributed by atoms with E-state index in [-0.39, 0.29) is 54.0 Å². The molecule has 0 spiro atoms. The number of carbonyl (C=O) groups excluding carboxylic acids is 4. The van der Waals surface area contributed by atoms with Gasteiger partial charge in [-0.3, -0.25) is 29.5 Å². The van der Waals surface area contributed by atoms with E-state index in [1.165, 1.54) is 42.3 Å². The molecule has 0 bridgehead atoms. The van der Waals surface area contributed by atoms with Gasteiger partial charge in [0, 0.05) is 23.0 Å². The van der Waals surface area contributed by atoms with E-state index in [2.05, 4.69) is 5.43 Å². The van der Waals surface area contributed by atoms with Crippen molar-refractivity contribution in [2.45, 2.75) is 30.6 Å². The van der Waals surface area contributed by atoms with Crippen molar-refractivity contribution in [2.75, 3.05) is 19.1 Å². The molecule has 4 amide bonds. The number of likely N-dealkylation sites (tertiary alicyclic amines) is 1. The summed E-state index contributed by atoms with van der Waals surface area (Å²) in [5.74, 6) is -6.33. The summed E-state index contributed by atoms with van der Waals surface area (Å²) < 4.78 is 19.7. The van der Waals surface area contributed by atoms with Crippen molar-refractivity contribution in [3.8, 4) is 17.2 Å². The fraction of sp³-hybridized carbons (Fsp3) is 0.268. The highest BCUT2D eigenvalue weighted by Crippen LogP contribution is 2.66. The van der Waals surface area contributed by atoms with Gasteiger partial charge < -0.3 is 14.9 Å². The van der Waals surface area contributed by atoms with Crippen LogP contribution in [0, 0.1) is 29.5 Å². The van der Waals surface area contributed by atoms with Crippen molar-refractivity contribution in [1.82, 2.24) is 9.91 Å². The van der Waals surface area contributed by atoms with E-state index in [9.17, 15) is 29.0 Å². The second-order valence-electron chi connectivity index (χ2n) is 14.0. The smallest absolute Gasteiger partial charge is 0.260 e. The summed E-state index contributed by atoms with van der Waals surface area (Å²) in [4.78, 5) is 59.7. The summed E-state index contributed by atoms with van der Waals surface area (Å²) in [6.07, 6.45) is 2.56. The lowest BCUT2D eigenvalue weighted by Gasteiger charge is -2.50. The number of nitrogens with zero attached hydrogens (tertiary/aromatic N) is 2. The number of methoxy groups -OCH3 is 1. The highest BCUT2D eigenvalue weighted by molar-refractivity contribution is 6.30. The predicted octanol–water partition coefficient (Wildman–Crippen LogP) is 6.13. The quantitative estimate of drug-likeness (QED) is 0.145. The molecule has 6 atom stereocenters. The highest BCUT2D eigenvalue weighted by atomic mass is 35.5. The molecule has 2 saturated heterocycles. The molecule has 2 aliphatic heterocycles. The van der Waals surface area contributed by atoms with Gasteiger partial charge in [0.2, 0.25) is 11.8 Å². The lowest BCUT2D eigenvalue weighted by atomic mass is 9.49. The van der Waals surface area contributed by atoms with Crippen molar-refractivity contribution in [3.63, 3.8) is 0 Å². The Morgan fingerprint density at radius 1 is 0.887 bits per heavy atom. The number of hydrogen-bond acceptors (Lipinski definition) is 8. The molecule has 4 aromatic carbocycles. The molecule has 4 aliphatic rings. The number of allylic oxidation sites excluding steroid dienone is 2. The Hall–Kier alpha value is -5.68. The van der Waals surface area contributed by atoms with Crippen molar-refractivity contribution < 1.29 is 38.5 Å². The van der Waals surface area contributed by atoms with Gasteiger partial charge in [-0.1, -0.05) is 53.6 Å². The van der Waals surface area contributed by atoms with Gasteiger partial charge in [-0.15, -0.1) is 0 Å². The molecular formula is C41H35ClFN3O7. The van der Waals surface area contributed by atoms with Crippen LogP contribution in [-0.2, 0) is 31.0 Å². The summed E-state index contributed by atoms with van der Waals surface area (Å²) in [6.45, 7) is 0.138. The van der Waals surface area contributed by atoms with E-state index in [1.54, 1.807) is 60.7 Å². The third-order valence-corrected chi connectivity index (χ3v) is 11.7. The fourth-order valence-electron chi connectivity index (χ4n) is 9.16. The van der Waals surface area contributed by atoms with Crippen LogP contribution in [0.5, 0.6) is 17.2 Å². The highest BCUT2D eigenvalue weighted by Gasteiger charge is 2.71. The Kier molecular flexibility index (Phi) is 8.48. The molecular weight excluding hydrogens is 701 g/mol. The molecule has 0 aromatic heterocycles. The van der Waals surface area contributed by atoms with Crippen molar-refractivity contribution >= 4 is 40.9 Å². The molecule has 4 aromatic rings. The zero-order valence-corrected chi connectivity index (χ0v) is 29.3. The first-order valence-electron chi connectivity index (χ1n) is 17.4. The summed E-state index contributed by atoms with van der Waals surface area (Å²) in [5, 5.41) is 22.7. The van der Waals surface area contributed by atoms with Crippen LogP contribution in [-0.4, -0.2) is 57.4 Å². The molecule has 1 saturated carbocycles. The maximum Gasteiger partial charge on any atom is 0.260 e. The number of hydrogen-bond donors (Lipinski definition) is 3. The zero-order valence-electron chi connectivity index (χ0n) is 28.5. The number of phenols is 2. The molecule has 270 valence electrons. The first-order valence-corrected chi connectivity index (χ1v) is 17.8. The number of phenolic OH excluding ortho intramolecular Hbond substituents is 2. The first kappa shape index (κ1) is 34.4. The summed E-state index contributed by atoms with van der Waals surface area (Å²) in [7, 11) is 1.45. The van der Waals surface area contributed by atoms with Crippen LogP contribution in [0.25, 0.3) is 0 Å². The molecule has 8 rings (SSSR count). The number of ether oxygens (including phenoxy) is 1. The number of nitrogens with one attached hydrogen (secondary N) is 1. The number of halogens is 2. The third kappa shape index (κ3) is 5.36. The van der Waals surface area contributed by atoms with E-state index in [0.29, 0.717) is 28.3 Å². The van der Waals surface area contributed by atoms with Gasteiger partial charge >= 0.3 is 0 Å². The molecule has 3 N–H and O–H groups in total. The molecule has 3 fully saturated rings. The lowest BCUT2D eigenvalue weighted by Crippen LogP contribution is -2.53. The Morgan fingerprint density at radius 2 is 1.60 bits per heavy atom. The van der Waals surface area contributed by atoms with Gasteiger partial charge in [-0.05, 0) is 97.0 Å². The summed E-state index contributed by atoms with van der Waals surface area (Å²) in [5.41, 5.74) is 3.79. The summed E-state index contributed by atoms with van der Waals surface area (Å²) in [6, 6.07) is 23.3. The van der Waals surface area contributed by atoms with E-state index in [1.807, 2.05) is 6.08 Å². The average molecular weight is 736 g/mol. The molecule has 0 unspecified atom stereocenters. The number of hydrazine groups is 1. The monoisotopic (exact) mass is 735 g/mol. The van der Waals surface area contributed by atoms with Gasteiger partial charge in [0.05, 0.1) is 36.0 Å². The normalized spacial score (nSPS) is 26.2. The minimum Gasteiger partial charge on any atom is -0.508 e. The van der Waals surface area contributed by atoms with E-state index < -0.39 is 52.6 Å². The van der Waals surface area contributed by atoms with Crippen LogP contribution in [0.4, 0.5) is 10.1 Å². The number of amides is 4. The third-order valence-electron chi connectivity index (χ3n) is 11.5. The van der Waals surface area contributed by atoms with Crippen LogP contribution >= 0.6 is 11.6 Å². The molecule has 12 heteroatoms. The van der Waals surface area contributed by atoms with Gasteiger partial charge in [0.25, 0.3) is 11.8 Å². The molecule has 2 aliphatic carbocycles. The van der Waals surface area contributed by atoms with Crippen LogP contribution in [0.15, 0.2) is 103 Å². The number of anilines is 1. The average Bonchev–Trinajstić information content (AvgIpc) is 3.53. The van der Waals surface area contributed by atoms with Gasteiger partial charge in [-0.25, -0.2) is 4.39 Å². The van der Waals surface area contributed by atoms with E-state index >= 15 is 4.79 Å². The van der Waals surface area contributed by atoms with Gasteiger partial charge in [-0.2, -0.15) is 5.01 Å². The summed E-state index contributed by atoms with van der Waals surface area (Å²) >= 11 is 6.36. The second-order valence-corrected chi connectivity index (χ2v) is 14.4. The largest absolute Gasteiger partial charge is 0.508 e. The second kappa shape index (κ2) is 13.1. The minimum atomic E-state index is -1.67. The topological polar surface area (TPSA) is 136 Å². The molecule has 2 heterocycles. The number of imide groups is 2. The van der Waals surface area contributed by atoms with Crippen molar-refractivity contribution in [1.29, 1.82) is 0 Å². The first-order chi connectivity index (χ1) is 25.5. The Balaban J connectivity index is 1.28. The maximum absolute atomic E-state index is 15.3. The molecule has 10 nitrogen and oxygen atoms in total. The van der Waals surface area contributed by atoms with Crippen LogP contribution in [0.2, 0.25) is 5.02 Å². The van der Waals surface area contributed by atoms with Crippen LogP contribution in [0.1, 0.15) is 35.4 Å². The number of rotatable bonds is 8. The predicted molar refractivity (Wildman–Crippen MR) is 192 cm³/mol.